The standard InChI is InChI=1S/C20H21BrN2O4/c1-4-10-27-18-8-6-14(11-19(18)25-3)13-22-23-20(24)16-12-15(21)7-9-17(16)26-5-2/h4,6-9,11-13H,1,5,10H2,2-3H3,(H,23,24). The zero-order valence-corrected chi connectivity index (χ0v) is 16.8. The number of hydrogen-bond acceptors (Lipinski definition) is 5. The van der Waals surface area contributed by atoms with Gasteiger partial charge in [-0.2, -0.15) is 5.10 Å². The van der Waals surface area contributed by atoms with Gasteiger partial charge in [-0.05, 0) is 48.9 Å². The first kappa shape index (κ1) is 20.5. The van der Waals surface area contributed by atoms with E-state index in [1.165, 1.54) is 6.21 Å². The predicted molar refractivity (Wildman–Crippen MR) is 109 cm³/mol. The van der Waals surface area contributed by atoms with E-state index in [2.05, 4.69) is 33.0 Å². The molecule has 0 unspecified atom stereocenters. The van der Waals surface area contributed by atoms with E-state index in [-0.39, 0.29) is 5.91 Å². The summed E-state index contributed by atoms with van der Waals surface area (Å²) in [7, 11) is 1.56. The average molecular weight is 433 g/mol. The van der Waals surface area contributed by atoms with Crippen molar-refractivity contribution in [2.45, 2.75) is 6.92 Å². The van der Waals surface area contributed by atoms with Crippen LogP contribution in [0.4, 0.5) is 0 Å². The van der Waals surface area contributed by atoms with Crippen molar-refractivity contribution in [2.75, 3.05) is 20.3 Å². The number of amides is 1. The third-order valence-corrected chi connectivity index (χ3v) is 3.90. The van der Waals surface area contributed by atoms with Gasteiger partial charge >= 0.3 is 0 Å². The van der Waals surface area contributed by atoms with Crippen LogP contribution in [0.3, 0.4) is 0 Å². The van der Waals surface area contributed by atoms with Crippen molar-refractivity contribution in [1.82, 2.24) is 5.43 Å². The third-order valence-electron chi connectivity index (χ3n) is 3.41. The molecule has 0 aliphatic heterocycles. The van der Waals surface area contributed by atoms with Crippen molar-refractivity contribution in [3.05, 3.63) is 64.7 Å². The molecule has 0 saturated carbocycles. The number of nitrogens with zero attached hydrogens (tertiary/aromatic N) is 1. The number of ether oxygens (including phenoxy) is 3. The Morgan fingerprint density at radius 1 is 1.19 bits per heavy atom. The molecule has 0 fully saturated rings. The van der Waals surface area contributed by atoms with E-state index < -0.39 is 0 Å². The Morgan fingerprint density at radius 3 is 2.67 bits per heavy atom. The van der Waals surface area contributed by atoms with E-state index >= 15 is 0 Å². The lowest BCUT2D eigenvalue weighted by Gasteiger charge is -2.10. The van der Waals surface area contributed by atoms with Gasteiger partial charge in [0.15, 0.2) is 11.5 Å². The van der Waals surface area contributed by atoms with Crippen LogP contribution >= 0.6 is 15.9 Å². The predicted octanol–water partition coefficient (Wildman–Crippen LogP) is 4.19. The normalized spacial score (nSPS) is 10.5. The highest BCUT2D eigenvalue weighted by Crippen LogP contribution is 2.27. The molecule has 2 aromatic rings. The molecule has 2 rings (SSSR count). The Hall–Kier alpha value is -2.80. The zero-order valence-electron chi connectivity index (χ0n) is 15.2. The molecule has 0 spiro atoms. The Labute approximate surface area is 167 Å². The van der Waals surface area contributed by atoms with Gasteiger partial charge in [-0.15, -0.1) is 0 Å². The number of rotatable bonds is 9. The van der Waals surface area contributed by atoms with Gasteiger partial charge in [-0.25, -0.2) is 5.43 Å². The second-order valence-electron chi connectivity index (χ2n) is 5.28. The van der Waals surface area contributed by atoms with Crippen LogP contribution in [0.25, 0.3) is 0 Å². The van der Waals surface area contributed by atoms with Crippen molar-refractivity contribution >= 4 is 28.1 Å². The summed E-state index contributed by atoms with van der Waals surface area (Å²) >= 11 is 3.36. The lowest BCUT2D eigenvalue weighted by atomic mass is 10.2. The summed E-state index contributed by atoms with van der Waals surface area (Å²) in [5, 5.41) is 4.01. The highest BCUT2D eigenvalue weighted by molar-refractivity contribution is 9.10. The van der Waals surface area contributed by atoms with Gasteiger partial charge in [0.05, 0.1) is 25.5 Å². The maximum atomic E-state index is 12.4. The van der Waals surface area contributed by atoms with Gasteiger partial charge in [0.25, 0.3) is 5.91 Å². The van der Waals surface area contributed by atoms with Crippen LogP contribution in [0.15, 0.2) is 58.6 Å². The monoisotopic (exact) mass is 432 g/mol. The molecule has 2 aromatic carbocycles. The Balaban J connectivity index is 2.10. The number of nitrogens with one attached hydrogen (secondary N) is 1. The molecule has 1 N–H and O–H groups in total. The Bertz CT molecular complexity index is 837. The molecule has 142 valence electrons. The Kier molecular flexibility index (Phi) is 7.88. The molecule has 0 atom stereocenters. The van der Waals surface area contributed by atoms with Crippen molar-refractivity contribution in [3.8, 4) is 17.2 Å². The molecule has 0 radical (unpaired) electrons. The van der Waals surface area contributed by atoms with Gasteiger partial charge in [0.2, 0.25) is 0 Å². The first-order valence-electron chi connectivity index (χ1n) is 8.26. The maximum Gasteiger partial charge on any atom is 0.275 e. The van der Waals surface area contributed by atoms with E-state index in [0.29, 0.717) is 36.0 Å². The maximum absolute atomic E-state index is 12.4. The SMILES string of the molecule is C=CCOc1ccc(C=NNC(=O)c2cc(Br)ccc2OCC)cc1OC. The minimum atomic E-state index is -0.367. The topological polar surface area (TPSA) is 69.2 Å². The molecule has 0 bridgehead atoms. The average Bonchev–Trinajstić information content (AvgIpc) is 2.68. The minimum absolute atomic E-state index is 0.367. The molecule has 27 heavy (non-hydrogen) atoms. The van der Waals surface area contributed by atoms with Gasteiger partial charge in [-0.3, -0.25) is 4.79 Å². The number of hydrazone groups is 1. The Morgan fingerprint density at radius 2 is 1.96 bits per heavy atom. The summed E-state index contributed by atoms with van der Waals surface area (Å²) in [6.45, 7) is 6.32. The molecule has 0 aromatic heterocycles. The number of carbonyl (C=O) groups excluding carboxylic acids is 1. The van der Waals surface area contributed by atoms with Crippen molar-refractivity contribution in [1.29, 1.82) is 0 Å². The molecule has 6 nitrogen and oxygen atoms in total. The first-order valence-corrected chi connectivity index (χ1v) is 9.05. The zero-order chi connectivity index (χ0) is 19.6. The van der Waals surface area contributed by atoms with Crippen LogP contribution in [0, 0.1) is 0 Å². The van der Waals surface area contributed by atoms with E-state index in [1.54, 1.807) is 43.5 Å². The fourth-order valence-electron chi connectivity index (χ4n) is 2.22. The molecule has 7 heteroatoms. The van der Waals surface area contributed by atoms with Crippen LogP contribution in [-0.2, 0) is 0 Å². The van der Waals surface area contributed by atoms with Crippen LogP contribution in [0.1, 0.15) is 22.8 Å². The third kappa shape index (κ3) is 5.86. The van der Waals surface area contributed by atoms with Gasteiger partial charge in [0, 0.05) is 4.47 Å². The van der Waals surface area contributed by atoms with Crippen LogP contribution in [0.2, 0.25) is 0 Å². The molecule has 0 heterocycles. The largest absolute Gasteiger partial charge is 0.493 e. The summed E-state index contributed by atoms with van der Waals surface area (Å²) in [5.41, 5.74) is 3.65. The molecule has 0 aliphatic carbocycles. The minimum Gasteiger partial charge on any atom is -0.493 e. The van der Waals surface area contributed by atoms with Gasteiger partial charge in [0.1, 0.15) is 12.4 Å². The molecule has 0 saturated heterocycles. The van der Waals surface area contributed by atoms with Crippen LogP contribution in [-0.4, -0.2) is 32.4 Å². The molecular formula is C20H21BrN2O4. The van der Waals surface area contributed by atoms with Crippen molar-refractivity contribution in [2.24, 2.45) is 5.10 Å². The van der Waals surface area contributed by atoms with Crippen molar-refractivity contribution in [3.63, 3.8) is 0 Å². The van der Waals surface area contributed by atoms with Crippen molar-refractivity contribution < 1.29 is 19.0 Å². The number of halogens is 1. The molecule has 0 aliphatic rings. The van der Waals surface area contributed by atoms with E-state index in [0.717, 1.165) is 10.0 Å². The fourth-order valence-corrected chi connectivity index (χ4v) is 2.58. The van der Waals surface area contributed by atoms with Crippen LogP contribution in [0.5, 0.6) is 17.2 Å². The highest BCUT2D eigenvalue weighted by atomic mass is 79.9. The second kappa shape index (κ2) is 10.4. The summed E-state index contributed by atoms with van der Waals surface area (Å²) in [6, 6.07) is 10.6. The smallest absolute Gasteiger partial charge is 0.275 e. The lowest BCUT2D eigenvalue weighted by molar-refractivity contribution is 0.0951. The van der Waals surface area contributed by atoms with Gasteiger partial charge < -0.3 is 14.2 Å². The number of carbonyl (C=O) groups is 1. The van der Waals surface area contributed by atoms with Crippen LogP contribution < -0.4 is 19.6 Å². The number of methoxy groups -OCH3 is 1. The number of hydrogen-bond donors (Lipinski definition) is 1. The number of benzene rings is 2. The molecular weight excluding hydrogens is 412 g/mol. The van der Waals surface area contributed by atoms with E-state index in [4.69, 9.17) is 14.2 Å². The van der Waals surface area contributed by atoms with Gasteiger partial charge in [-0.1, -0.05) is 28.6 Å². The summed E-state index contributed by atoms with van der Waals surface area (Å²) in [5.74, 6) is 1.31. The van der Waals surface area contributed by atoms with E-state index in [9.17, 15) is 4.79 Å². The lowest BCUT2D eigenvalue weighted by Crippen LogP contribution is -2.18. The molecule has 1 amide bonds. The fraction of sp³-hybridized carbons (Fsp3) is 0.200. The summed E-state index contributed by atoms with van der Waals surface area (Å²) in [6.07, 6.45) is 3.18. The summed E-state index contributed by atoms with van der Waals surface area (Å²) in [4.78, 5) is 12.4. The second-order valence-corrected chi connectivity index (χ2v) is 6.20. The van der Waals surface area contributed by atoms with E-state index in [1.807, 2.05) is 13.0 Å². The summed E-state index contributed by atoms with van der Waals surface area (Å²) < 4.78 is 17.1. The first-order chi connectivity index (χ1) is 13.1. The highest BCUT2D eigenvalue weighted by Gasteiger charge is 2.12. The quantitative estimate of drug-likeness (QED) is 0.366.